The SMILES string of the molecule is CCOCC(CN1CCCCC1)C(O)(c1ccccc1)c1ccccc1. The van der Waals surface area contributed by atoms with E-state index >= 15 is 0 Å². The van der Waals surface area contributed by atoms with Gasteiger partial charge in [0, 0.05) is 19.1 Å². The number of hydrogen-bond donors (Lipinski definition) is 1. The first-order valence-corrected chi connectivity index (χ1v) is 9.88. The summed E-state index contributed by atoms with van der Waals surface area (Å²) in [4.78, 5) is 2.49. The zero-order valence-corrected chi connectivity index (χ0v) is 15.8. The molecule has 1 atom stereocenters. The largest absolute Gasteiger partial charge is 0.381 e. The number of piperidine rings is 1. The molecular weight excluding hydrogens is 322 g/mol. The second-order valence-electron chi connectivity index (χ2n) is 7.22. The molecule has 1 N–H and O–H groups in total. The van der Waals surface area contributed by atoms with E-state index in [1.807, 2.05) is 67.6 Å². The molecule has 0 amide bonds. The highest BCUT2D eigenvalue weighted by atomic mass is 16.5. The summed E-state index contributed by atoms with van der Waals surface area (Å²) in [5, 5.41) is 12.1. The van der Waals surface area contributed by atoms with Crippen molar-refractivity contribution in [1.29, 1.82) is 0 Å². The maximum Gasteiger partial charge on any atom is 0.121 e. The average molecular weight is 354 g/mol. The van der Waals surface area contributed by atoms with E-state index in [0.717, 1.165) is 30.8 Å². The van der Waals surface area contributed by atoms with Crippen molar-refractivity contribution in [3.05, 3.63) is 71.8 Å². The van der Waals surface area contributed by atoms with Crippen molar-refractivity contribution in [3.63, 3.8) is 0 Å². The van der Waals surface area contributed by atoms with E-state index in [0.29, 0.717) is 13.2 Å². The lowest BCUT2D eigenvalue weighted by Crippen LogP contribution is -2.46. The van der Waals surface area contributed by atoms with Crippen LogP contribution in [0.3, 0.4) is 0 Å². The van der Waals surface area contributed by atoms with Gasteiger partial charge in [-0.2, -0.15) is 0 Å². The molecule has 26 heavy (non-hydrogen) atoms. The monoisotopic (exact) mass is 353 g/mol. The first-order chi connectivity index (χ1) is 12.7. The topological polar surface area (TPSA) is 32.7 Å². The van der Waals surface area contributed by atoms with Gasteiger partial charge in [-0.3, -0.25) is 0 Å². The van der Waals surface area contributed by atoms with Crippen LogP contribution in [0.2, 0.25) is 0 Å². The molecule has 1 aliphatic heterocycles. The van der Waals surface area contributed by atoms with Crippen LogP contribution in [-0.2, 0) is 10.3 Å². The molecule has 2 aromatic rings. The fourth-order valence-corrected chi connectivity index (χ4v) is 4.04. The van der Waals surface area contributed by atoms with E-state index in [1.165, 1.54) is 19.3 Å². The van der Waals surface area contributed by atoms with Crippen molar-refractivity contribution in [2.45, 2.75) is 31.8 Å². The summed E-state index contributed by atoms with van der Waals surface area (Å²) in [6.07, 6.45) is 3.81. The van der Waals surface area contributed by atoms with Gasteiger partial charge in [0.2, 0.25) is 0 Å². The minimum absolute atomic E-state index is 0.0228. The summed E-state index contributed by atoms with van der Waals surface area (Å²) in [7, 11) is 0. The first kappa shape index (κ1) is 19.1. The Morgan fingerprint density at radius 3 is 1.96 bits per heavy atom. The van der Waals surface area contributed by atoms with Crippen LogP contribution < -0.4 is 0 Å². The third-order valence-corrected chi connectivity index (χ3v) is 5.47. The molecule has 0 saturated carbocycles. The number of ether oxygens (including phenoxy) is 1. The Bertz CT molecular complexity index is 598. The molecule has 0 bridgehead atoms. The predicted molar refractivity (Wildman–Crippen MR) is 106 cm³/mol. The smallest absolute Gasteiger partial charge is 0.121 e. The number of hydrogen-bond acceptors (Lipinski definition) is 3. The number of rotatable bonds is 8. The average Bonchev–Trinajstić information content (AvgIpc) is 2.72. The van der Waals surface area contributed by atoms with Crippen LogP contribution in [0.1, 0.15) is 37.3 Å². The van der Waals surface area contributed by atoms with Crippen molar-refractivity contribution >= 4 is 0 Å². The maximum absolute atomic E-state index is 12.1. The molecule has 2 aromatic carbocycles. The van der Waals surface area contributed by atoms with Crippen molar-refractivity contribution in [2.24, 2.45) is 5.92 Å². The molecule has 0 aromatic heterocycles. The van der Waals surface area contributed by atoms with E-state index in [2.05, 4.69) is 4.90 Å². The maximum atomic E-state index is 12.1. The van der Waals surface area contributed by atoms with Crippen LogP contribution in [-0.4, -0.2) is 42.9 Å². The lowest BCUT2D eigenvalue weighted by molar-refractivity contribution is -0.0437. The zero-order valence-electron chi connectivity index (χ0n) is 15.8. The van der Waals surface area contributed by atoms with Crippen LogP contribution in [0.15, 0.2) is 60.7 Å². The number of nitrogens with zero attached hydrogens (tertiary/aromatic N) is 1. The summed E-state index contributed by atoms with van der Waals surface area (Å²) < 4.78 is 5.84. The van der Waals surface area contributed by atoms with Gasteiger partial charge in [0.25, 0.3) is 0 Å². The van der Waals surface area contributed by atoms with E-state index in [1.54, 1.807) is 0 Å². The quantitative estimate of drug-likeness (QED) is 0.777. The first-order valence-electron chi connectivity index (χ1n) is 9.88. The molecule has 1 unspecified atom stereocenters. The van der Waals surface area contributed by atoms with Gasteiger partial charge in [-0.25, -0.2) is 0 Å². The Morgan fingerprint density at radius 1 is 0.923 bits per heavy atom. The molecule has 3 heteroatoms. The second kappa shape index (κ2) is 9.31. The molecule has 0 radical (unpaired) electrons. The predicted octanol–water partition coefficient (Wildman–Crippen LogP) is 4.06. The lowest BCUT2D eigenvalue weighted by atomic mass is 9.76. The highest BCUT2D eigenvalue weighted by Crippen LogP contribution is 2.38. The van der Waals surface area contributed by atoms with Crippen molar-refractivity contribution in [1.82, 2.24) is 4.90 Å². The van der Waals surface area contributed by atoms with Gasteiger partial charge >= 0.3 is 0 Å². The molecule has 3 nitrogen and oxygen atoms in total. The second-order valence-corrected chi connectivity index (χ2v) is 7.22. The van der Waals surface area contributed by atoms with Crippen LogP contribution >= 0.6 is 0 Å². The Balaban J connectivity index is 1.97. The Morgan fingerprint density at radius 2 is 1.46 bits per heavy atom. The molecule has 1 saturated heterocycles. The molecular formula is C23H31NO2. The fourth-order valence-electron chi connectivity index (χ4n) is 4.04. The highest BCUT2D eigenvalue weighted by molar-refractivity contribution is 5.37. The molecule has 0 spiro atoms. The molecule has 140 valence electrons. The van der Waals surface area contributed by atoms with Crippen molar-refractivity contribution in [2.75, 3.05) is 32.8 Å². The van der Waals surface area contributed by atoms with Crippen LogP contribution in [0.5, 0.6) is 0 Å². The van der Waals surface area contributed by atoms with Gasteiger partial charge in [0.15, 0.2) is 0 Å². The third-order valence-electron chi connectivity index (χ3n) is 5.47. The Hall–Kier alpha value is -1.68. The van der Waals surface area contributed by atoms with Gasteiger partial charge < -0.3 is 14.7 Å². The van der Waals surface area contributed by atoms with Gasteiger partial charge in [0.05, 0.1) is 6.61 Å². The summed E-state index contributed by atoms with van der Waals surface area (Å²) >= 11 is 0. The number of benzene rings is 2. The highest BCUT2D eigenvalue weighted by Gasteiger charge is 2.41. The molecule has 1 fully saturated rings. The Kier molecular flexibility index (Phi) is 6.84. The summed E-state index contributed by atoms with van der Waals surface area (Å²) in [6.45, 7) is 6.30. The third kappa shape index (κ3) is 4.35. The Labute approximate surface area is 157 Å². The van der Waals surface area contributed by atoms with Crippen LogP contribution in [0, 0.1) is 5.92 Å². The van der Waals surface area contributed by atoms with Crippen molar-refractivity contribution in [3.8, 4) is 0 Å². The van der Waals surface area contributed by atoms with Gasteiger partial charge in [-0.15, -0.1) is 0 Å². The molecule has 0 aliphatic carbocycles. The number of likely N-dealkylation sites (tertiary alicyclic amines) is 1. The fraction of sp³-hybridized carbons (Fsp3) is 0.478. The normalized spacial score (nSPS) is 17.2. The van der Waals surface area contributed by atoms with Gasteiger partial charge in [-0.1, -0.05) is 67.1 Å². The summed E-state index contributed by atoms with van der Waals surface area (Å²) in [6, 6.07) is 20.1. The van der Waals surface area contributed by atoms with E-state index in [4.69, 9.17) is 4.74 Å². The minimum Gasteiger partial charge on any atom is -0.381 e. The van der Waals surface area contributed by atoms with E-state index in [9.17, 15) is 5.11 Å². The molecule has 1 heterocycles. The van der Waals surface area contributed by atoms with Crippen LogP contribution in [0.4, 0.5) is 0 Å². The lowest BCUT2D eigenvalue weighted by Gasteiger charge is -2.40. The van der Waals surface area contributed by atoms with Gasteiger partial charge in [-0.05, 0) is 44.0 Å². The summed E-state index contributed by atoms with van der Waals surface area (Å²) in [5.41, 5.74) is 0.815. The molecule has 1 aliphatic rings. The van der Waals surface area contributed by atoms with E-state index < -0.39 is 5.60 Å². The number of aliphatic hydroxyl groups is 1. The standard InChI is InChI=1S/C23H31NO2/c1-2-26-19-22(18-24-16-10-5-11-17-24)23(25,20-12-6-3-7-13-20)21-14-8-4-9-15-21/h3-4,6-9,12-15,22,25H,2,5,10-11,16-19H2,1H3. The minimum atomic E-state index is -1.06. The van der Waals surface area contributed by atoms with E-state index in [-0.39, 0.29) is 5.92 Å². The summed E-state index contributed by atoms with van der Waals surface area (Å²) in [5.74, 6) is -0.0228. The molecule has 3 rings (SSSR count). The van der Waals surface area contributed by atoms with Crippen LogP contribution in [0.25, 0.3) is 0 Å². The zero-order chi connectivity index (χ0) is 18.2. The van der Waals surface area contributed by atoms with Gasteiger partial charge in [0.1, 0.15) is 5.60 Å². The van der Waals surface area contributed by atoms with Crippen molar-refractivity contribution < 1.29 is 9.84 Å².